The van der Waals surface area contributed by atoms with E-state index in [-0.39, 0.29) is 19.3 Å². The highest BCUT2D eigenvalue weighted by molar-refractivity contribution is 7.92. The van der Waals surface area contributed by atoms with Crippen LogP contribution >= 0.6 is 23.1 Å². The highest BCUT2D eigenvalue weighted by atomic mass is 32.2. The maximum absolute atomic E-state index is 13.0. The summed E-state index contributed by atoms with van der Waals surface area (Å²) in [4.78, 5) is 26.1. The van der Waals surface area contributed by atoms with Gasteiger partial charge in [-0.15, -0.1) is 0 Å². The van der Waals surface area contributed by atoms with Gasteiger partial charge in [0, 0.05) is 33.7 Å². The molecule has 0 unspecified atom stereocenters. The molecule has 0 amide bonds. The maximum atomic E-state index is 13.0. The predicted octanol–water partition coefficient (Wildman–Crippen LogP) is 4.29. The number of sulfonamides is 2. The van der Waals surface area contributed by atoms with Crippen molar-refractivity contribution < 1.29 is 16.8 Å². The normalized spacial score (nSPS) is 14.0. The molecule has 0 spiro atoms. The lowest BCUT2D eigenvalue weighted by atomic mass is 10.1. The predicted molar refractivity (Wildman–Crippen MR) is 178 cm³/mol. The molecule has 5 aromatic rings. The van der Waals surface area contributed by atoms with Crippen LogP contribution in [0.1, 0.15) is 26.2 Å². The number of aryl methyl sites for hydroxylation is 2. The fourth-order valence-electron chi connectivity index (χ4n) is 5.13. The third-order valence-electron chi connectivity index (χ3n) is 7.29. The van der Waals surface area contributed by atoms with Gasteiger partial charge in [0.2, 0.25) is 10.0 Å². The van der Waals surface area contributed by atoms with Gasteiger partial charge in [-0.05, 0) is 90.9 Å². The van der Waals surface area contributed by atoms with Crippen LogP contribution in [-0.2, 0) is 34.1 Å². The second-order valence-corrected chi connectivity index (χ2v) is 15.9. The molecule has 0 aliphatic carbocycles. The molecule has 11 nitrogen and oxygen atoms in total. The molecule has 0 saturated carbocycles. The molecule has 2 aromatic heterocycles. The lowest BCUT2D eigenvalue weighted by Gasteiger charge is -2.30. The van der Waals surface area contributed by atoms with Crippen molar-refractivity contribution in [3.63, 3.8) is 0 Å². The van der Waals surface area contributed by atoms with Crippen LogP contribution in [0.25, 0.3) is 21.8 Å². The Morgan fingerprint density at radius 1 is 0.727 bits per heavy atom. The first-order valence-electron chi connectivity index (χ1n) is 14.0. The van der Waals surface area contributed by atoms with Gasteiger partial charge in [-0.25, -0.2) is 21.6 Å². The van der Waals surface area contributed by atoms with E-state index in [4.69, 9.17) is 0 Å². The Kier molecular flexibility index (Phi) is 9.32. The zero-order chi connectivity index (χ0) is 31.6. The number of para-hydroxylation sites is 2. The summed E-state index contributed by atoms with van der Waals surface area (Å²) >= 11 is 2.13. The van der Waals surface area contributed by atoms with E-state index >= 15 is 0 Å². The summed E-state index contributed by atoms with van der Waals surface area (Å²) in [5, 5.41) is 0.867. The zero-order valence-electron chi connectivity index (χ0n) is 24.4. The first-order chi connectivity index (χ1) is 20.9. The Balaban J connectivity index is 0.000000195. The minimum Gasteiger partial charge on any atom is -0.370 e. The van der Waals surface area contributed by atoms with Crippen LogP contribution in [0.15, 0.2) is 80.0 Å². The molecule has 0 bridgehead atoms. The summed E-state index contributed by atoms with van der Waals surface area (Å²) in [6.07, 6.45) is 3.43. The Hall–Kier alpha value is -3.50. The summed E-state index contributed by atoms with van der Waals surface area (Å²) in [6, 6.07) is 16.7. The standard InChI is InChI=1S/C19H21N3O3S2.C10H12N2O3S2/c1-21-17-10-9-14(13-15(17)19(23)26-21)27(24,25)20-16-7-3-4-8-18(16)22-11-5-2-6-12-22;1-3-11-17(14,15)7-4-5-9-8(6-7)10(13)16-12(9)2/h3-4,7-10,13,20H,2,5-6,11-12H2,1H3;4-6,11H,3H2,1-2H3. The Morgan fingerprint density at radius 3 is 1.80 bits per heavy atom. The van der Waals surface area contributed by atoms with Crippen molar-refractivity contribution in [2.75, 3.05) is 29.3 Å². The van der Waals surface area contributed by atoms with Gasteiger partial charge in [-0.3, -0.25) is 22.2 Å². The van der Waals surface area contributed by atoms with Gasteiger partial charge in [-0.2, -0.15) is 0 Å². The third kappa shape index (κ3) is 6.61. The number of rotatable bonds is 7. The summed E-state index contributed by atoms with van der Waals surface area (Å²) in [5.41, 5.74) is 2.94. The molecule has 2 N–H and O–H groups in total. The topological polar surface area (TPSA) is 140 Å². The van der Waals surface area contributed by atoms with Crippen LogP contribution in [-0.4, -0.2) is 44.4 Å². The highest BCUT2D eigenvalue weighted by Gasteiger charge is 2.21. The summed E-state index contributed by atoms with van der Waals surface area (Å²) in [7, 11) is -3.74. The van der Waals surface area contributed by atoms with Gasteiger partial charge in [0.05, 0.1) is 43.0 Å². The summed E-state index contributed by atoms with van der Waals surface area (Å²) in [6.45, 7) is 3.88. The molecule has 0 radical (unpaired) electrons. The number of fused-ring (bicyclic) bond motifs is 2. The van der Waals surface area contributed by atoms with E-state index in [0.29, 0.717) is 23.0 Å². The van der Waals surface area contributed by atoms with E-state index in [2.05, 4.69) is 14.3 Å². The molecule has 3 heterocycles. The molecular weight excluding hydrogens is 643 g/mol. The largest absolute Gasteiger partial charge is 0.370 e. The molecule has 1 saturated heterocycles. The lowest BCUT2D eigenvalue weighted by molar-refractivity contribution is 0.578. The molecule has 15 heteroatoms. The van der Waals surface area contributed by atoms with E-state index < -0.39 is 20.0 Å². The molecule has 1 aliphatic heterocycles. The Morgan fingerprint density at radius 2 is 1.25 bits per heavy atom. The van der Waals surface area contributed by atoms with Gasteiger partial charge >= 0.3 is 0 Å². The van der Waals surface area contributed by atoms with Crippen molar-refractivity contribution >= 4 is 76.3 Å². The number of aromatic nitrogens is 2. The molecule has 3 aromatic carbocycles. The van der Waals surface area contributed by atoms with E-state index in [9.17, 15) is 26.4 Å². The van der Waals surface area contributed by atoms with Crippen molar-refractivity contribution in [1.29, 1.82) is 0 Å². The molecule has 1 fully saturated rings. The Bertz CT molecular complexity index is 2160. The fraction of sp³-hybridized carbons (Fsp3) is 0.310. The molecular formula is C29H33N5O6S4. The quantitative estimate of drug-likeness (QED) is 0.262. The van der Waals surface area contributed by atoms with E-state index in [0.717, 1.165) is 65.7 Å². The van der Waals surface area contributed by atoms with Gasteiger partial charge in [-0.1, -0.05) is 19.1 Å². The van der Waals surface area contributed by atoms with Crippen molar-refractivity contribution in [3.8, 4) is 0 Å². The first-order valence-corrected chi connectivity index (χ1v) is 18.5. The average molecular weight is 676 g/mol. The number of nitrogens with zero attached hydrogens (tertiary/aromatic N) is 3. The number of benzene rings is 3. The van der Waals surface area contributed by atoms with E-state index in [1.54, 1.807) is 53.2 Å². The third-order valence-corrected chi connectivity index (χ3v) is 11.9. The van der Waals surface area contributed by atoms with Crippen LogP contribution in [0.4, 0.5) is 11.4 Å². The first kappa shape index (κ1) is 31.9. The van der Waals surface area contributed by atoms with Crippen LogP contribution in [0, 0.1) is 0 Å². The summed E-state index contributed by atoms with van der Waals surface area (Å²) < 4.78 is 57.8. The van der Waals surface area contributed by atoms with Crippen LogP contribution in [0.2, 0.25) is 0 Å². The second-order valence-electron chi connectivity index (χ2n) is 10.3. The molecule has 6 rings (SSSR count). The lowest BCUT2D eigenvalue weighted by Crippen LogP contribution is -2.30. The van der Waals surface area contributed by atoms with E-state index in [1.165, 1.54) is 24.6 Å². The number of nitrogens with one attached hydrogen (secondary N) is 2. The zero-order valence-corrected chi connectivity index (χ0v) is 27.7. The SMILES string of the molecule is CCNS(=O)(=O)c1ccc2c(c1)c(=O)sn2C.Cn1sc(=O)c2cc(S(=O)(=O)Nc3ccccc3N3CCCCC3)ccc21. The highest BCUT2D eigenvalue weighted by Crippen LogP contribution is 2.30. The van der Waals surface area contributed by atoms with Crippen LogP contribution < -0.4 is 23.8 Å². The van der Waals surface area contributed by atoms with Gasteiger partial charge in [0.1, 0.15) is 0 Å². The molecule has 1 aliphatic rings. The number of anilines is 2. The minimum absolute atomic E-state index is 0.0962. The minimum atomic E-state index is -3.79. The van der Waals surface area contributed by atoms with Gasteiger partial charge in [0.25, 0.3) is 19.5 Å². The smallest absolute Gasteiger partial charge is 0.261 e. The van der Waals surface area contributed by atoms with Gasteiger partial charge < -0.3 is 4.90 Å². The number of hydrogen-bond acceptors (Lipinski definition) is 9. The van der Waals surface area contributed by atoms with Gasteiger partial charge in [0.15, 0.2) is 0 Å². The average Bonchev–Trinajstić information content (AvgIpc) is 3.46. The van der Waals surface area contributed by atoms with Crippen LogP contribution in [0.3, 0.4) is 0 Å². The van der Waals surface area contributed by atoms with E-state index in [1.807, 2.05) is 18.2 Å². The fourth-order valence-corrected chi connectivity index (χ4v) is 8.84. The number of piperidine rings is 1. The maximum Gasteiger partial charge on any atom is 0.261 e. The number of hydrogen-bond donors (Lipinski definition) is 2. The molecule has 44 heavy (non-hydrogen) atoms. The second kappa shape index (κ2) is 12.9. The van der Waals surface area contributed by atoms with Crippen molar-refractivity contribution in [3.05, 3.63) is 79.7 Å². The molecule has 234 valence electrons. The Labute approximate surface area is 263 Å². The van der Waals surface area contributed by atoms with Crippen LogP contribution in [0.5, 0.6) is 0 Å². The molecule has 0 atom stereocenters. The summed E-state index contributed by atoms with van der Waals surface area (Å²) in [5.74, 6) is 0. The van der Waals surface area contributed by atoms with Crippen molar-refractivity contribution in [2.45, 2.75) is 36.0 Å². The van der Waals surface area contributed by atoms with Crippen molar-refractivity contribution in [1.82, 2.24) is 12.6 Å². The monoisotopic (exact) mass is 675 g/mol. The van der Waals surface area contributed by atoms with Crippen molar-refractivity contribution in [2.24, 2.45) is 14.1 Å².